The van der Waals surface area contributed by atoms with E-state index in [0.29, 0.717) is 13.1 Å². The van der Waals surface area contributed by atoms with Crippen molar-refractivity contribution in [1.29, 1.82) is 0 Å². The minimum atomic E-state index is -0.135. The first-order chi connectivity index (χ1) is 12.2. The lowest BCUT2D eigenvalue weighted by molar-refractivity contribution is 0.241. The number of pyridine rings is 1. The van der Waals surface area contributed by atoms with Crippen molar-refractivity contribution in [1.82, 2.24) is 25.6 Å². The van der Waals surface area contributed by atoms with Crippen molar-refractivity contribution >= 4 is 17.1 Å². The third kappa shape index (κ3) is 5.04. The molecule has 0 saturated heterocycles. The second-order valence-corrected chi connectivity index (χ2v) is 6.04. The van der Waals surface area contributed by atoms with Gasteiger partial charge in [0, 0.05) is 31.4 Å². The number of benzene rings is 1. The van der Waals surface area contributed by atoms with Gasteiger partial charge in [-0.1, -0.05) is 18.2 Å². The average molecular weight is 337 g/mol. The second kappa shape index (κ2) is 8.28. The van der Waals surface area contributed by atoms with Crippen LogP contribution in [-0.4, -0.2) is 34.1 Å². The number of imidazole rings is 1. The number of aromatic nitrogens is 3. The highest BCUT2D eigenvalue weighted by molar-refractivity contribution is 5.74. The topological polar surface area (TPSA) is 82.7 Å². The van der Waals surface area contributed by atoms with E-state index >= 15 is 0 Å². The van der Waals surface area contributed by atoms with Gasteiger partial charge in [0.1, 0.15) is 5.82 Å². The molecule has 0 unspecified atom stereocenters. The Hall–Kier alpha value is -2.89. The fourth-order valence-electron chi connectivity index (χ4n) is 2.61. The fourth-order valence-corrected chi connectivity index (χ4v) is 2.61. The van der Waals surface area contributed by atoms with Crippen molar-refractivity contribution in [3.63, 3.8) is 0 Å². The summed E-state index contributed by atoms with van der Waals surface area (Å²) in [6.45, 7) is 3.18. The lowest BCUT2D eigenvalue weighted by atomic mass is 10.2. The van der Waals surface area contributed by atoms with Gasteiger partial charge in [-0.25, -0.2) is 9.78 Å². The predicted octanol–water partition coefficient (Wildman–Crippen LogP) is 2.74. The molecule has 0 saturated carbocycles. The molecule has 3 rings (SSSR count). The zero-order chi connectivity index (χ0) is 17.5. The second-order valence-electron chi connectivity index (χ2n) is 6.04. The van der Waals surface area contributed by atoms with Crippen LogP contribution in [0.2, 0.25) is 0 Å². The molecule has 3 N–H and O–H groups in total. The van der Waals surface area contributed by atoms with Gasteiger partial charge < -0.3 is 15.6 Å². The number of hydrogen-bond acceptors (Lipinski definition) is 3. The maximum absolute atomic E-state index is 11.8. The third-order valence-corrected chi connectivity index (χ3v) is 3.99. The molecule has 0 aliphatic heterocycles. The van der Waals surface area contributed by atoms with Gasteiger partial charge in [0.05, 0.1) is 11.0 Å². The normalized spacial score (nSPS) is 10.8. The Morgan fingerprint density at radius 1 is 1.08 bits per heavy atom. The average Bonchev–Trinajstić information content (AvgIpc) is 3.03. The van der Waals surface area contributed by atoms with Crippen LogP contribution in [0.4, 0.5) is 4.79 Å². The SMILES string of the molecule is Cc1ccc(CCNC(=O)NCCCc2nc3ccccc3[nH]2)cn1. The Kier molecular flexibility index (Phi) is 5.61. The fraction of sp³-hybridized carbons (Fsp3) is 0.316. The van der Waals surface area contributed by atoms with Gasteiger partial charge in [-0.2, -0.15) is 0 Å². The molecular formula is C19H23N5O. The molecule has 130 valence electrons. The van der Waals surface area contributed by atoms with Gasteiger partial charge in [-0.3, -0.25) is 4.98 Å². The van der Waals surface area contributed by atoms with Gasteiger partial charge in [0.25, 0.3) is 0 Å². The lowest BCUT2D eigenvalue weighted by Gasteiger charge is -2.07. The van der Waals surface area contributed by atoms with Gasteiger partial charge in [-0.15, -0.1) is 0 Å². The van der Waals surface area contributed by atoms with Crippen LogP contribution < -0.4 is 10.6 Å². The molecule has 6 heteroatoms. The number of amides is 2. The molecule has 1 aromatic carbocycles. The lowest BCUT2D eigenvalue weighted by Crippen LogP contribution is -2.37. The van der Waals surface area contributed by atoms with Crippen LogP contribution in [0.3, 0.4) is 0 Å². The Morgan fingerprint density at radius 2 is 1.92 bits per heavy atom. The Labute approximate surface area is 147 Å². The largest absolute Gasteiger partial charge is 0.342 e. The number of carbonyl (C=O) groups is 1. The number of para-hydroxylation sites is 2. The molecule has 25 heavy (non-hydrogen) atoms. The van der Waals surface area contributed by atoms with Crippen molar-refractivity contribution in [3.05, 3.63) is 59.7 Å². The Balaban J connectivity index is 1.31. The number of nitrogens with one attached hydrogen (secondary N) is 3. The number of aryl methyl sites for hydroxylation is 2. The number of H-pyrrole nitrogens is 1. The molecule has 0 aliphatic rings. The number of hydrogen-bond donors (Lipinski definition) is 3. The van der Waals surface area contributed by atoms with Crippen molar-refractivity contribution in [3.8, 4) is 0 Å². The highest BCUT2D eigenvalue weighted by Crippen LogP contribution is 2.11. The number of carbonyl (C=O) groups excluding carboxylic acids is 1. The number of aromatic amines is 1. The van der Waals surface area contributed by atoms with Crippen LogP contribution in [0, 0.1) is 6.92 Å². The minimum absolute atomic E-state index is 0.135. The molecule has 0 bridgehead atoms. The molecule has 2 amide bonds. The standard InChI is InChI=1S/C19H23N5O/c1-14-8-9-15(13-22-14)10-12-21-19(25)20-11-4-7-18-23-16-5-2-3-6-17(16)24-18/h2-3,5-6,8-9,13H,4,7,10-12H2,1H3,(H,23,24)(H2,20,21,25). The maximum Gasteiger partial charge on any atom is 0.314 e. The molecular weight excluding hydrogens is 314 g/mol. The van der Waals surface area contributed by atoms with E-state index in [0.717, 1.165) is 47.4 Å². The summed E-state index contributed by atoms with van der Waals surface area (Å²) in [6, 6.07) is 11.9. The zero-order valence-electron chi connectivity index (χ0n) is 14.4. The van der Waals surface area contributed by atoms with Crippen LogP contribution >= 0.6 is 0 Å². The van der Waals surface area contributed by atoms with Gasteiger partial charge in [0.15, 0.2) is 0 Å². The first-order valence-corrected chi connectivity index (χ1v) is 8.57. The maximum atomic E-state index is 11.8. The quantitative estimate of drug-likeness (QED) is 0.580. The van der Waals surface area contributed by atoms with Crippen LogP contribution in [0.15, 0.2) is 42.6 Å². The summed E-state index contributed by atoms with van der Waals surface area (Å²) in [6.07, 6.45) is 4.28. The van der Waals surface area contributed by atoms with E-state index in [1.54, 1.807) is 0 Å². The number of rotatable bonds is 7. The van der Waals surface area contributed by atoms with Crippen molar-refractivity contribution in [2.45, 2.75) is 26.2 Å². The summed E-state index contributed by atoms with van der Waals surface area (Å²) < 4.78 is 0. The zero-order valence-corrected chi connectivity index (χ0v) is 14.4. The Morgan fingerprint density at radius 3 is 2.72 bits per heavy atom. The first-order valence-electron chi connectivity index (χ1n) is 8.57. The summed E-state index contributed by atoms with van der Waals surface area (Å²) in [7, 11) is 0. The molecule has 2 aromatic heterocycles. The van der Waals surface area contributed by atoms with Crippen LogP contribution in [0.25, 0.3) is 11.0 Å². The summed E-state index contributed by atoms with van der Waals surface area (Å²) >= 11 is 0. The van der Waals surface area contributed by atoms with Crippen LogP contribution in [0.5, 0.6) is 0 Å². The van der Waals surface area contributed by atoms with E-state index in [1.807, 2.05) is 49.5 Å². The molecule has 3 aromatic rings. The molecule has 0 radical (unpaired) electrons. The van der Waals surface area contributed by atoms with Gasteiger partial charge in [0.2, 0.25) is 0 Å². The number of fused-ring (bicyclic) bond motifs is 1. The summed E-state index contributed by atoms with van der Waals surface area (Å²) in [5.74, 6) is 0.954. The van der Waals surface area contributed by atoms with E-state index in [1.165, 1.54) is 0 Å². The Bertz CT molecular complexity index is 792. The van der Waals surface area contributed by atoms with E-state index in [4.69, 9.17) is 0 Å². The van der Waals surface area contributed by atoms with E-state index in [-0.39, 0.29) is 6.03 Å². The smallest absolute Gasteiger partial charge is 0.314 e. The molecule has 6 nitrogen and oxygen atoms in total. The molecule has 0 atom stereocenters. The van der Waals surface area contributed by atoms with Crippen LogP contribution in [0.1, 0.15) is 23.5 Å². The predicted molar refractivity (Wildman–Crippen MR) is 98.5 cm³/mol. The van der Waals surface area contributed by atoms with Crippen molar-refractivity contribution in [2.75, 3.05) is 13.1 Å². The van der Waals surface area contributed by atoms with E-state index in [9.17, 15) is 4.79 Å². The molecule has 0 spiro atoms. The minimum Gasteiger partial charge on any atom is -0.342 e. The highest BCUT2D eigenvalue weighted by Gasteiger charge is 2.03. The highest BCUT2D eigenvalue weighted by atomic mass is 16.2. The van der Waals surface area contributed by atoms with E-state index in [2.05, 4.69) is 25.6 Å². The number of urea groups is 1. The third-order valence-electron chi connectivity index (χ3n) is 3.99. The van der Waals surface area contributed by atoms with Gasteiger partial charge >= 0.3 is 6.03 Å². The van der Waals surface area contributed by atoms with Gasteiger partial charge in [-0.05, 0) is 43.5 Å². The molecule has 0 fully saturated rings. The molecule has 0 aliphatic carbocycles. The summed E-state index contributed by atoms with van der Waals surface area (Å²) in [5, 5.41) is 5.74. The number of nitrogens with zero attached hydrogens (tertiary/aromatic N) is 2. The summed E-state index contributed by atoms with van der Waals surface area (Å²) in [5.41, 5.74) is 4.15. The van der Waals surface area contributed by atoms with Crippen molar-refractivity contribution in [2.24, 2.45) is 0 Å². The molecule has 2 heterocycles. The first kappa shape index (κ1) is 17.0. The van der Waals surface area contributed by atoms with E-state index < -0.39 is 0 Å². The monoisotopic (exact) mass is 337 g/mol. The van der Waals surface area contributed by atoms with Crippen molar-refractivity contribution < 1.29 is 4.79 Å². The van der Waals surface area contributed by atoms with Crippen LogP contribution in [-0.2, 0) is 12.8 Å². The summed E-state index contributed by atoms with van der Waals surface area (Å²) in [4.78, 5) is 23.8.